The van der Waals surface area contributed by atoms with Crippen LogP contribution in [0.25, 0.3) is 10.8 Å². The number of fused-ring (bicyclic) bond motifs is 1. The van der Waals surface area contributed by atoms with Gasteiger partial charge < -0.3 is 15.5 Å². The molecule has 0 spiro atoms. The van der Waals surface area contributed by atoms with E-state index in [1.54, 1.807) is 24.5 Å². The van der Waals surface area contributed by atoms with Gasteiger partial charge in [0.2, 0.25) is 5.91 Å². The molecule has 0 radical (unpaired) electrons. The van der Waals surface area contributed by atoms with Crippen molar-refractivity contribution in [3.05, 3.63) is 72.1 Å². The Balaban J connectivity index is 1.28. The Labute approximate surface area is 192 Å². The maximum atomic E-state index is 13.2. The van der Waals surface area contributed by atoms with E-state index in [0.717, 1.165) is 23.6 Å². The van der Waals surface area contributed by atoms with E-state index in [2.05, 4.69) is 15.6 Å². The second-order valence-corrected chi connectivity index (χ2v) is 8.78. The summed E-state index contributed by atoms with van der Waals surface area (Å²) in [6.07, 6.45) is 6.39. The molecule has 33 heavy (non-hydrogen) atoms. The number of rotatable bonds is 5. The Bertz CT molecular complexity index is 1200. The molecule has 0 bridgehead atoms. The number of carbonyl (C=O) groups excluding carboxylic acids is 3. The second kappa shape index (κ2) is 9.02. The molecular formula is C26H26N4O3. The van der Waals surface area contributed by atoms with Gasteiger partial charge in [0.25, 0.3) is 11.8 Å². The fourth-order valence-corrected chi connectivity index (χ4v) is 4.28. The summed E-state index contributed by atoms with van der Waals surface area (Å²) in [5, 5.41) is 8.01. The van der Waals surface area contributed by atoms with E-state index >= 15 is 0 Å². The molecule has 2 aliphatic rings. The molecule has 0 atom stereocenters. The van der Waals surface area contributed by atoms with E-state index in [-0.39, 0.29) is 29.7 Å². The number of amides is 3. The predicted octanol–water partition coefficient (Wildman–Crippen LogP) is 3.62. The van der Waals surface area contributed by atoms with Crippen LogP contribution >= 0.6 is 0 Å². The fourth-order valence-electron chi connectivity index (χ4n) is 4.28. The molecule has 2 fully saturated rings. The quantitative estimate of drug-likeness (QED) is 0.631. The average Bonchev–Trinajstić information content (AvgIpc) is 3.70. The van der Waals surface area contributed by atoms with Gasteiger partial charge in [0.15, 0.2) is 0 Å². The SMILES string of the molecule is O=C(NC1CCN(C(=O)c2ccncc2)CC1)c1cc2ccccc2cc1NC(=O)C1CC1. The molecule has 1 aliphatic carbocycles. The van der Waals surface area contributed by atoms with E-state index in [1.807, 2.05) is 41.3 Å². The fraction of sp³-hybridized carbons (Fsp3) is 0.308. The van der Waals surface area contributed by atoms with E-state index in [0.29, 0.717) is 42.7 Å². The van der Waals surface area contributed by atoms with Gasteiger partial charge in [-0.15, -0.1) is 0 Å². The number of nitrogens with one attached hydrogen (secondary N) is 2. The summed E-state index contributed by atoms with van der Waals surface area (Å²) < 4.78 is 0. The predicted molar refractivity (Wildman–Crippen MR) is 126 cm³/mol. The first-order valence-corrected chi connectivity index (χ1v) is 11.4. The molecule has 1 saturated carbocycles. The molecule has 2 aromatic carbocycles. The highest BCUT2D eigenvalue weighted by atomic mass is 16.2. The van der Waals surface area contributed by atoms with Gasteiger partial charge in [0.1, 0.15) is 0 Å². The van der Waals surface area contributed by atoms with Crippen LogP contribution in [0, 0.1) is 5.92 Å². The number of likely N-dealkylation sites (tertiary alicyclic amines) is 1. The van der Waals surface area contributed by atoms with Crippen molar-refractivity contribution in [3.8, 4) is 0 Å². The number of aromatic nitrogens is 1. The maximum absolute atomic E-state index is 13.2. The first-order valence-electron chi connectivity index (χ1n) is 11.4. The zero-order valence-corrected chi connectivity index (χ0v) is 18.3. The minimum absolute atomic E-state index is 0.0122. The lowest BCUT2D eigenvalue weighted by Crippen LogP contribution is -2.46. The van der Waals surface area contributed by atoms with Gasteiger partial charge in [-0.05, 0) is 60.7 Å². The molecule has 0 unspecified atom stereocenters. The van der Waals surface area contributed by atoms with Crippen LogP contribution in [0.5, 0.6) is 0 Å². The number of hydrogen-bond donors (Lipinski definition) is 2. The molecule has 1 saturated heterocycles. The number of hydrogen-bond acceptors (Lipinski definition) is 4. The van der Waals surface area contributed by atoms with Crippen LogP contribution in [-0.2, 0) is 4.79 Å². The Hall–Kier alpha value is -3.74. The summed E-state index contributed by atoms with van der Waals surface area (Å²) in [5.74, 6) is -0.190. The molecule has 1 aliphatic heterocycles. The normalized spacial score (nSPS) is 16.4. The van der Waals surface area contributed by atoms with E-state index in [9.17, 15) is 14.4 Å². The van der Waals surface area contributed by atoms with Crippen LogP contribution in [0.3, 0.4) is 0 Å². The van der Waals surface area contributed by atoms with Gasteiger partial charge in [-0.25, -0.2) is 0 Å². The zero-order valence-electron chi connectivity index (χ0n) is 18.3. The summed E-state index contributed by atoms with van der Waals surface area (Å²) >= 11 is 0. The lowest BCUT2D eigenvalue weighted by Gasteiger charge is -2.32. The Morgan fingerprint density at radius 3 is 2.21 bits per heavy atom. The first kappa shape index (κ1) is 21.1. The highest BCUT2D eigenvalue weighted by Gasteiger charge is 2.31. The van der Waals surface area contributed by atoms with E-state index < -0.39 is 0 Å². The molecule has 1 aromatic heterocycles. The van der Waals surface area contributed by atoms with E-state index in [4.69, 9.17) is 0 Å². The maximum Gasteiger partial charge on any atom is 0.253 e. The summed E-state index contributed by atoms with van der Waals surface area (Å²) in [6.45, 7) is 1.16. The van der Waals surface area contributed by atoms with E-state index in [1.165, 1.54) is 0 Å². The zero-order chi connectivity index (χ0) is 22.8. The van der Waals surface area contributed by atoms with Crippen LogP contribution in [0.4, 0.5) is 5.69 Å². The van der Waals surface area contributed by atoms with Crippen molar-refractivity contribution in [2.75, 3.05) is 18.4 Å². The number of benzene rings is 2. The second-order valence-electron chi connectivity index (χ2n) is 8.78. The number of pyridine rings is 1. The van der Waals surface area contributed by atoms with Gasteiger partial charge in [-0.2, -0.15) is 0 Å². The van der Waals surface area contributed by atoms with Crippen LogP contribution in [0.2, 0.25) is 0 Å². The van der Waals surface area contributed by atoms with Crippen molar-refractivity contribution in [2.45, 2.75) is 31.7 Å². The molecule has 7 heteroatoms. The third-order valence-corrected chi connectivity index (χ3v) is 6.38. The van der Waals surface area contributed by atoms with Gasteiger partial charge in [0, 0.05) is 43.0 Å². The summed E-state index contributed by atoms with van der Waals surface area (Å²) in [5.41, 5.74) is 1.64. The van der Waals surface area contributed by atoms with Crippen LogP contribution in [0.15, 0.2) is 60.9 Å². The lowest BCUT2D eigenvalue weighted by molar-refractivity contribution is -0.117. The third-order valence-electron chi connectivity index (χ3n) is 6.38. The first-order chi connectivity index (χ1) is 16.1. The summed E-state index contributed by atoms with van der Waals surface area (Å²) in [4.78, 5) is 44.1. The highest BCUT2D eigenvalue weighted by Crippen LogP contribution is 2.32. The molecule has 7 nitrogen and oxygen atoms in total. The Morgan fingerprint density at radius 1 is 0.879 bits per heavy atom. The van der Waals surface area contributed by atoms with Gasteiger partial charge >= 0.3 is 0 Å². The molecule has 3 aromatic rings. The molecule has 2 heterocycles. The average molecular weight is 443 g/mol. The van der Waals surface area contributed by atoms with Crippen LogP contribution in [-0.4, -0.2) is 46.7 Å². The minimum Gasteiger partial charge on any atom is -0.349 e. The molecule has 168 valence electrons. The Kier molecular flexibility index (Phi) is 5.77. The molecule has 2 N–H and O–H groups in total. The number of anilines is 1. The van der Waals surface area contributed by atoms with Crippen LogP contribution in [0.1, 0.15) is 46.4 Å². The Morgan fingerprint density at radius 2 is 1.55 bits per heavy atom. The van der Waals surface area contributed by atoms with Crippen molar-refractivity contribution in [1.29, 1.82) is 0 Å². The standard InChI is InChI=1S/C26H26N4O3/c31-24(17-5-6-17)29-23-16-20-4-2-1-3-19(20)15-22(23)25(32)28-21-9-13-30(14-10-21)26(33)18-7-11-27-12-8-18/h1-4,7-8,11-12,15-17,21H,5-6,9-10,13-14H2,(H,28,32)(H,29,31). The lowest BCUT2D eigenvalue weighted by atomic mass is 10.0. The number of nitrogens with zero attached hydrogens (tertiary/aromatic N) is 2. The molecule has 5 rings (SSSR count). The molecule has 3 amide bonds. The highest BCUT2D eigenvalue weighted by molar-refractivity contribution is 6.08. The largest absolute Gasteiger partial charge is 0.349 e. The van der Waals surface area contributed by atoms with Crippen molar-refractivity contribution in [1.82, 2.24) is 15.2 Å². The van der Waals surface area contributed by atoms with Crippen molar-refractivity contribution >= 4 is 34.2 Å². The van der Waals surface area contributed by atoms with Crippen molar-refractivity contribution in [2.24, 2.45) is 5.92 Å². The van der Waals surface area contributed by atoms with Gasteiger partial charge in [-0.1, -0.05) is 24.3 Å². The smallest absolute Gasteiger partial charge is 0.253 e. The van der Waals surface area contributed by atoms with Crippen molar-refractivity contribution < 1.29 is 14.4 Å². The van der Waals surface area contributed by atoms with Crippen molar-refractivity contribution in [3.63, 3.8) is 0 Å². The minimum atomic E-state index is -0.203. The number of piperidine rings is 1. The summed E-state index contributed by atoms with van der Waals surface area (Å²) in [7, 11) is 0. The van der Waals surface area contributed by atoms with Gasteiger partial charge in [0.05, 0.1) is 11.3 Å². The topological polar surface area (TPSA) is 91.4 Å². The monoisotopic (exact) mass is 442 g/mol. The summed E-state index contributed by atoms with van der Waals surface area (Å²) in [6, 6.07) is 14.9. The molecular weight excluding hydrogens is 416 g/mol. The van der Waals surface area contributed by atoms with Crippen LogP contribution < -0.4 is 10.6 Å². The number of carbonyl (C=O) groups is 3. The third kappa shape index (κ3) is 4.72. The van der Waals surface area contributed by atoms with Gasteiger partial charge in [-0.3, -0.25) is 19.4 Å².